The van der Waals surface area contributed by atoms with Crippen LogP contribution >= 0.6 is 0 Å². The minimum Gasteiger partial charge on any atom is -0.481 e. The van der Waals surface area contributed by atoms with E-state index in [0.717, 1.165) is 57.8 Å². The molecule has 0 aromatic heterocycles. The first-order valence-electron chi connectivity index (χ1n) is 11.7. The van der Waals surface area contributed by atoms with Crippen LogP contribution in [0.1, 0.15) is 123 Å². The lowest BCUT2D eigenvalue weighted by atomic mass is 10.1. The summed E-state index contributed by atoms with van der Waals surface area (Å²) in [5.41, 5.74) is 0. The highest BCUT2D eigenvalue weighted by Gasteiger charge is 2.00. The van der Waals surface area contributed by atoms with Crippen molar-refractivity contribution >= 4 is 5.97 Å². The zero-order valence-electron chi connectivity index (χ0n) is 18.7. The first-order valence-corrected chi connectivity index (χ1v) is 11.7. The van der Waals surface area contributed by atoms with Crippen LogP contribution in [0.4, 0.5) is 0 Å². The summed E-state index contributed by atoms with van der Waals surface area (Å²) in [6.07, 6.45) is 22.0. The maximum atomic E-state index is 10.3. The normalized spacial score (nSPS) is 12.0. The Morgan fingerprint density at radius 1 is 0.786 bits per heavy atom. The predicted octanol–water partition coefficient (Wildman–Crippen LogP) is 6.64. The van der Waals surface area contributed by atoms with E-state index in [2.05, 4.69) is 26.0 Å². The number of aliphatic hydroxyl groups is 2. The van der Waals surface area contributed by atoms with Gasteiger partial charge in [-0.15, -0.1) is 0 Å². The molecule has 1 unspecified atom stereocenters. The van der Waals surface area contributed by atoms with Gasteiger partial charge in [0.25, 0.3) is 0 Å². The Bertz CT molecular complexity index is 325. The summed E-state index contributed by atoms with van der Waals surface area (Å²) in [4.78, 5) is 10.3. The van der Waals surface area contributed by atoms with Gasteiger partial charge in [-0.05, 0) is 38.5 Å². The van der Waals surface area contributed by atoms with Crippen LogP contribution in [-0.2, 0) is 4.79 Å². The van der Waals surface area contributed by atoms with Gasteiger partial charge in [-0.1, -0.05) is 90.2 Å². The van der Waals surface area contributed by atoms with Gasteiger partial charge in [0, 0.05) is 13.0 Å². The van der Waals surface area contributed by atoms with E-state index in [4.69, 9.17) is 10.2 Å². The number of carbonyl (C=O) groups is 1. The molecule has 0 heterocycles. The Kier molecular flexibility index (Phi) is 27.4. The van der Waals surface area contributed by atoms with Crippen LogP contribution in [0.3, 0.4) is 0 Å². The molecule has 168 valence electrons. The van der Waals surface area contributed by atoms with Gasteiger partial charge < -0.3 is 15.3 Å². The van der Waals surface area contributed by atoms with Crippen LogP contribution < -0.4 is 0 Å². The molecule has 0 aliphatic rings. The number of aliphatic hydroxyl groups excluding tert-OH is 2. The van der Waals surface area contributed by atoms with Crippen LogP contribution in [0.15, 0.2) is 12.2 Å². The summed E-state index contributed by atoms with van der Waals surface area (Å²) in [5.74, 6) is -0.689. The van der Waals surface area contributed by atoms with E-state index in [-0.39, 0.29) is 6.10 Å². The van der Waals surface area contributed by atoms with Gasteiger partial charge in [0.2, 0.25) is 0 Å². The van der Waals surface area contributed by atoms with E-state index in [1.165, 1.54) is 44.9 Å². The second-order valence-corrected chi connectivity index (χ2v) is 7.69. The minimum atomic E-state index is -0.689. The zero-order chi connectivity index (χ0) is 21.3. The summed E-state index contributed by atoms with van der Waals surface area (Å²) in [6, 6.07) is 0. The van der Waals surface area contributed by atoms with Crippen molar-refractivity contribution in [1.29, 1.82) is 0 Å². The average molecular weight is 401 g/mol. The summed E-state index contributed by atoms with van der Waals surface area (Å²) >= 11 is 0. The summed E-state index contributed by atoms with van der Waals surface area (Å²) < 4.78 is 0. The lowest BCUT2D eigenvalue weighted by Gasteiger charge is -2.07. The van der Waals surface area contributed by atoms with Crippen molar-refractivity contribution in [2.75, 3.05) is 6.61 Å². The summed E-state index contributed by atoms with van der Waals surface area (Å²) in [7, 11) is 0. The van der Waals surface area contributed by atoms with Crippen molar-refractivity contribution in [3.8, 4) is 0 Å². The Labute approximate surface area is 174 Å². The van der Waals surface area contributed by atoms with Gasteiger partial charge in [0.05, 0.1) is 6.10 Å². The quantitative estimate of drug-likeness (QED) is 0.168. The maximum Gasteiger partial charge on any atom is 0.303 e. The van der Waals surface area contributed by atoms with Crippen LogP contribution in [0.2, 0.25) is 0 Å². The number of hydrogen-bond acceptors (Lipinski definition) is 3. The third-order valence-corrected chi connectivity index (χ3v) is 4.74. The molecule has 0 rings (SSSR count). The van der Waals surface area contributed by atoms with E-state index >= 15 is 0 Å². The number of allylic oxidation sites excluding steroid dienone is 1. The monoisotopic (exact) mass is 400 g/mol. The average Bonchev–Trinajstić information content (AvgIpc) is 2.67. The molecule has 0 saturated heterocycles. The van der Waals surface area contributed by atoms with E-state index in [9.17, 15) is 9.90 Å². The molecular weight excluding hydrogens is 352 g/mol. The van der Waals surface area contributed by atoms with Crippen LogP contribution in [0.25, 0.3) is 0 Å². The van der Waals surface area contributed by atoms with E-state index in [0.29, 0.717) is 13.0 Å². The first-order chi connectivity index (χ1) is 13.6. The molecule has 4 heteroatoms. The van der Waals surface area contributed by atoms with Crippen LogP contribution in [0.5, 0.6) is 0 Å². The van der Waals surface area contributed by atoms with E-state index < -0.39 is 5.97 Å². The molecule has 0 aliphatic carbocycles. The molecule has 1 atom stereocenters. The highest BCUT2D eigenvalue weighted by Crippen LogP contribution is 2.10. The fourth-order valence-electron chi connectivity index (χ4n) is 2.90. The molecule has 0 amide bonds. The molecule has 28 heavy (non-hydrogen) atoms. The number of rotatable bonds is 19. The minimum absolute atomic E-state index is 0.172. The Hall–Kier alpha value is -0.870. The molecule has 4 nitrogen and oxygen atoms in total. The summed E-state index contributed by atoms with van der Waals surface area (Å²) in [6.45, 7) is 4.72. The molecule has 0 fully saturated rings. The van der Waals surface area contributed by atoms with Crippen LogP contribution in [-0.4, -0.2) is 34.0 Å². The summed E-state index contributed by atoms with van der Waals surface area (Å²) in [5, 5.41) is 26.6. The largest absolute Gasteiger partial charge is 0.481 e. The molecule has 0 radical (unpaired) electrons. The van der Waals surface area contributed by atoms with E-state index in [1.54, 1.807) is 0 Å². The second-order valence-electron chi connectivity index (χ2n) is 7.69. The first kappa shape index (κ1) is 29.3. The van der Waals surface area contributed by atoms with Gasteiger partial charge in [-0.25, -0.2) is 0 Å². The SMILES string of the molecule is CCCCCCC(O)C/C=C\CCCCCCCC(=O)O.CCCCCCO. The second kappa shape index (κ2) is 26.1. The van der Waals surface area contributed by atoms with Crippen molar-refractivity contribution in [1.82, 2.24) is 0 Å². The smallest absolute Gasteiger partial charge is 0.303 e. The van der Waals surface area contributed by atoms with Gasteiger partial charge in [-0.2, -0.15) is 0 Å². The number of aliphatic carboxylic acids is 1. The Balaban J connectivity index is 0. The molecule has 0 spiro atoms. The lowest BCUT2D eigenvalue weighted by molar-refractivity contribution is -0.137. The number of carboxylic acid groups (broad SMARTS) is 1. The maximum absolute atomic E-state index is 10.3. The fraction of sp³-hybridized carbons (Fsp3) is 0.875. The molecule has 0 aromatic rings. The van der Waals surface area contributed by atoms with Crippen molar-refractivity contribution < 1.29 is 20.1 Å². The molecule has 3 N–H and O–H groups in total. The van der Waals surface area contributed by atoms with Gasteiger partial charge in [-0.3, -0.25) is 4.79 Å². The van der Waals surface area contributed by atoms with Crippen molar-refractivity contribution in [2.45, 2.75) is 129 Å². The number of carboxylic acids is 1. The fourth-order valence-corrected chi connectivity index (χ4v) is 2.90. The molecule has 0 aliphatic heterocycles. The highest BCUT2D eigenvalue weighted by atomic mass is 16.4. The third kappa shape index (κ3) is 29.9. The number of unbranched alkanes of at least 4 members (excludes halogenated alkanes) is 11. The van der Waals surface area contributed by atoms with Crippen LogP contribution in [0, 0.1) is 0 Å². The van der Waals surface area contributed by atoms with E-state index in [1.807, 2.05) is 0 Å². The van der Waals surface area contributed by atoms with Gasteiger partial charge in [0.1, 0.15) is 0 Å². The predicted molar refractivity (Wildman–Crippen MR) is 120 cm³/mol. The molecule has 0 saturated carbocycles. The standard InChI is InChI=1S/C18H34O3.C6H14O/c1-2-3-4-11-14-17(19)15-12-9-7-5-6-8-10-13-16-18(20)21;1-2-3-4-5-6-7/h9,12,17,19H,2-8,10-11,13-16H2,1H3,(H,20,21);7H,2-6H2,1H3/b12-9-;. The lowest BCUT2D eigenvalue weighted by Crippen LogP contribution is -2.04. The highest BCUT2D eigenvalue weighted by molar-refractivity contribution is 5.66. The number of hydrogen-bond donors (Lipinski definition) is 3. The molecule has 0 aromatic carbocycles. The topological polar surface area (TPSA) is 77.8 Å². The van der Waals surface area contributed by atoms with Crippen molar-refractivity contribution in [3.63, 3.8) is 0 Å². The third-order valence-electron chi connectivity index (χ3n) is 4.74. The van der Waals surface area contributed by atoms with Crippen molar-refractivity contribution in [3.05, 3.63) is 12.2 Å². The molecule has 0 bridgehead atoms. The van der Waals surface area contributed by atoms with Gasteiger partial charge >= 0.3 is 5.97 Å². The zero-order valence-corrected chi connectivity index (χ0v) is 18.7. The Morgan fingerprint density at radius 3 is 1.96 bits per heavy atom. The Morgan fingerprint density at radius 2 is 1.36 bits per heavy atom. The van der Waals surface area contributed by atoms with Gasteiger partial charge in [0.15, 0.2) is 0 Å². The molecular formula is C24H48O4. The van der Waals surface area contributed by atoms with Crippen molar-refractivity contribution in [2.24, 2.45) is 0 Å².